The lowest BCUT2D eigenvalue weighted by Crippen LogP contribution is -2.40. The van der Waals surface area contributed by atoms with Gasteiger partial charge in [0.1, 0.15) is 0 Å². The number of fused-ring (bicyclic) bond motifs is 1. The Morgan fingerprint density at radius 1 is 1.14 bits per heavy atom. The van der Waals surface area contributed by atoms with Crippen molar-refractivity contribution in [3.8, 4) is 11.5 Å². The molecule has 1 atom stereocenters. The van der Waals surface area contributed by atoms with Crippen LogP contribution >= 0.6 is 22.9 Å². The van der Waals surface area contributed by atoms with Gasteiger partial charge in [0, 0.05) is 5.02 Å². The van der Waals surface area contributed by atoms with Crippen LogP contribution in [-0.2, 0) is 9.53 Å². The molecule has 0 radical (unpaired) electrons. The highest BCUT2D eigenvalue weighted by Crippen LogP contribution is 2.36. The zero-order valence-electron chi connectivity index (χ0n) is 19.8. The number of nitrogens with zero attached hydrogens (tertiary/aromatic N) is 2. The van der Waals surface area contributed by atoms with Crippen LogP contribution in [0.2, 0.25) is 5.02 Å². The van der Waals surface area contributed by atoms with Gasteiger partial charge >= 0.3 is 5.97 Å². The van der Waals surface area contributed by atoms with Crippen molar-refractivity contribution >= 4 is 35.0 Å². The summed E-state index contributed by atoms with van der Waals surface area (Å²) in [5, 5.41) is 0.614. The second kappa shape index (κ2) is 10.5. The van der Waals surface area contributed by atoms with Crippen molar-refractivity contribution in [1.29, 1.82) is 0 Å². The Kier molecular flexibility index (Phi) is 7.42. The smallest absolute Gasteiger partial charge is 0.338 e. The first kappa shape index (κ1) is 24.8. The summed E-state index contributed by atoms with van der Waals surface area (Å²) in [6, 6.07) is 11.9. The van der Waals surface area contributed by atoms with E-state index >= 15 is 0 Å². The molecule has 0 fully saturated rings. The standard InChI is InChI=1S/C26H25ClN2O5S/c1-5-33-20-14-17(9-12-19(20)32-4)23-22(25(31)34-6-2)15(3)28-26-29(23)24(30)21(35-26)13-16-7-10-18(27)11-8-16/h7-14,23H,5-6H2,1-4H3. The third-order valence-corrected chi connectivity index (χ3v) is 6.72. The van der Waals surface area contributed by atoms with E-state index in [9.17, 15) is 9.59 Å². The second-order valence-electron chi connectivity index (χ2n) is 7.70. The van der Waals surface area contributed by atoms with Crippen molar-refractivity contribution < 1.29 is 19.0 Å². The van der Waals surface area contributed by atoms with Crippen molar-refractivity contribution in [2.45, 2.75) is 26.8 Å². The first-order valence-electron chi connectivity index (χ1n) is 11.1. The molecule has 3 aromatic rings. The minimum Gasteiger partial charge on any atom is -0.493 e. The van der Waals surface area contributed by atoms with Crippen LogP contribution in [0.3, 0.4) is 0 Å². The molecule has 1 aliphatic heterocycles. The van der Waals surface area contributed by atoms with E-state index in [1.54, 1.807) is 55.9 Å². The van der Waals surface area contributed by atoms with Gasteiger partial charge in [0.25, 0.3) is 5.56 Å². The predicted octanol–water partition coefficient (Wildman–Crippen LogP) is 3.86. The fraction of sp³-hybridized carbons (Fsp3) is 0.269. The first-order chi connectivity index (χ1) is 16.9. The lowest BCUT2D eigenvalue weighted by atomic mass is 9.95. The Bertz CT molecular complexity index is 1470. The van der Waals surface area contributed by atoms with Crippen LogP contribution in [0.5, 0.6) is 11.5 Å². The number of esters is 1. The van der Waals surface area contributed by atoms with Gasteiger partial charge in [-0.3, -0.25) is 9.36 Å². The third kappa shape index (κ3) is 4.90. The summed E-state index contributed by atoms with van der Waals surface area (Å²) in [6.45, 7) is 6.01. The number of benzene rings is 2. The van der Waals surface area contributed by atoms with E-state index in [1.165, 1.54) is 11.3 Å². The molecule has 182 valence electrons. The summed E-state index contributed by atoms with van der Waals surface area (Å²) in [7, 11) is 1.56. The highest BCUT2D eigenvalue weighted by molar-refractivity contribution is 7.07. The van der Waals surface area contributed by atoms with Gasteiger partial charge in [-0.25, -0.2) is 9.79 Å². The summed E-state index contributed by atoms with van der Waals surface area (Å²) < 4.78 is 18.6. The van der Waals surface area contributed by atoms with E-state index in [0.29, 0.717) is 49.3 Å². The SMILES string of the molecule is CCOC(=O)C1=C(C)N=c2sc(=Cc3ccc(Cl)cc3)c(=O)n2C1c1ccc(OC)c(OCC)c1. The number of hydrogen-bond donors (Lipinski definition) is 0. The van der Waals surface area contributed by atoms with Gasteiger partial charge in [0.15, 0.2) is 16.3 Å². The maximum absolute atomic E-state index is 13.7. The van der Waals surface area contributed by atoms with Gasteiger partial charge in [-0.05, 0) is 62.2 Å². The molecule has 0 saturated heterocycles. The molecule has 0 amide bonds. The van der Waals surface area contributed by atoms with Crippen LogP contribution < -0.4 is 24.4 Å². The van der Waals surface area contributed by atoms with E-state index in [4.69, 9.17) is 25.8 Å². The van der Waals surface area contributed by atoms with Gasteiger partial charge in [-0.15, -0.1) is 0 Å². The van der Waals surface area contributed by atoms with Crippen LogP contribution in [0.15, 0.2) is 63.5 Å². The van der Waals surface area contributed by atoms with Crippen LogP contribution in [0.25, 0.3) is 6.08 Å². The Morgan fingerprint density at radius 2 is 1.89 bits per heavy atom. The first-order valence-corrected chi connectivity index (χ1v) is 12.3. The van der Waals surface area contributed by atoms with Crippen molar-refractivity contribution in [3.63, 3.8) is 0 Å². The summed E-state index contributed by atoms with van der Waals surface area (Å²) in [4.78, 5) is 31.8. The van der Waals surface area contributed by atoms with Crippen molar-refractivity contribution in [2.75, 3.05) is 20.3 Å². The number of rotatable bonds is 7. The van der Waals surface area contributed by atoms with Gasteiger partial charge in [0.2, 0.25) is 0 Å². The molecule has 0 bridgehead atoms. The van der Waals surface area contributed by atoms with Crippen molar-refractivity contribution in [2.24, 2.45) is 4.99 Å². The quantitative estimate of drug-likeness (QED) is 0.449. The molecule has 1 aliphatic rings. The van der Waals surface area contributed by atoms with Gasteiger partial charge in [-0.2, -0.15) is 0 Å². The summed E-state index contributed by atoms with van der Waals surface area (Å²) in [5.41, 5.74) is 2.08. The molecule has 0 spiro atoms. The van der Waals surface area contributed by atoms with Crippen LogP contribution in [0, 0.1) is 0 Å². The number of allylic oxidation sites excluding steroid dienone is 1. The van der Waals surface area contributed by atoms with Gasteiger partial charge < -0.3 is 14.2 Å². The molecule has 7 nitrogen and oxygen atoms in total. The highest BCUT2D eigenvalue weighted by atomic mass is 35.5. The minimum atomic E-state index is -0.734. The number of hydrogen-bond acceptors (Lipinski definition) is 7. The Labute approximate surface area is 211 Å². The fourth-order valence-corrected chi connectivity index (χ4v) is 5.12. The lowest BCUT2D eigenvalue weighted by molar-refractivity contribution is -0.139. The fourth-order valence-electron chi connectivity index (χ4n) is 3.95. The van der Waals surface area contributed by atoms with Crippen molar-refractivity contribution in [3.05, 3.63) is 89.6 Å². The minimum absolute atomic E-state index is 0.204. The molecule has 2 heterocycles. The molecule has 35 heavy (non-hydrogen) atoms. The molecule has 1 unspecified atom stereocenters. The van der Waals surface area contributed by atoms with Gasteiger partial charge in [0.05, 0.1) is 42.2 Å². The number of carbonyl (C=O) groups is 1. The molecule has 1 aromatic heterocycles. The van der Waals surface area contributed by atoms with Gasteiger partial charge in [-0.1, -0.05) is 41.1 Å². The van der Waals surface area contributed by atoms with Crippen LogP contribution in [0.4, 0.5) is 0 Å². The Balaban J connectivity index is 1.96. The monoisotopic (exact) mass is 512 g/mol. The zero-order valence-corrected chi connectivity index (χ0v) is 21.4. The average molecular weight is 513 g/mol. The largest absolute Gasteiger partial charge is 0.493 e. The number of carbonyl (C=O) groups excluding carboxylic acids is 1. The Hall–Kier alpha value is -3.36. The highest BCUT2D eigenvalue weighted by Gasteiger charge is 2.33. The lowest BCUT2D eigenvalue weighted by Gasteiger charge is -2.25. The number of methoxy groups -OCH3 is 1. The number of aromatic nitrogens is 1. The zero-order chi connectivity index (χ0) is 25.1. The second-order valence-corrected chi connectivity index (χ2v) is 9.14. The normalized spacial score (nSPS) is 15.5. The maximum Gasteiger partial charge on any atom is 0.338 e. The molecule has 4 rings (SSSR count). The van der Waals surface area contributed by atoms with E-state index in [-0.39, 0.29) is 12.2 Å². The molecule has 0 aliphatic carbocycles. The van der Waals surface area contributed by atoms with E-state index in [2.05, 4.69) is 4.99 Å². The molecule has 0 N–H and O–H groups in total. The van der Waals surface area contributed by atoms with E-state index < -0.39 is 12.0 Å². The predicted molar refractivity (Wildman–Crippen MR) is 136 cm³/mol. The molecular weight excluding hydrogens is 488 g/mol. The molecule has 0 saturated carbocycles. The Morgan fingerprint density at radius 3 is 2.54 bits per heavy atom. The summed E-state index contributed by atoms with van der Waals surface area (Å²) >= 11 is 7.26. The molecule has 9 heteroatoms. The molecule has 2 aromatic carbocycles. The maximum atomic E-state index is 13.7. The number of halogens is 1. The van der Waals surface area contributed by atoms with Crippen molar-refractivity contribution in [1.82, 2.24) is 4.57 Å². The summed E-state index contributed by atoms with van der Waals surface area (Å²) in [6.07, 6.45) is 1.79. The van der Waals surface area contributed by atoms with Crippen LogP contribution in [-0.4, -0.2) is 30.9 Å². The van der Waals surface area contributed by atoms with E-state index in [0.717, 1.165) is 5.56 Å². The third-order valence-electron chi connectivity index (χ3n) is 5.49. The van der Waals surface area contributed by atoms with Crippen LogP contribution in [0.1, 0.15) is 37.9 Å². The molecular formula is C26H25ClN2O5S. The van der Waals surface area contributed by atoms with E-state index in [1.807, 2.05) is 25.1 Å². The average Bonchev–Trinajstić information content (AvgIpc) is 3.14. The topological polar surface area (TPSA) is 79.1 Å². The number of ether oxygens (including phenoxy) is 3. The number of thiazole rings is 1. The summed E-state index contributed by atoms with van der Waals surface area (Å²) in [5.74, 6) is 0.567.